The Bertz CT molecular complexity index is 510. The maximum atomic E-state index is 11.6. The molecule has 1 aromatic heterocycles. The van der Waals surface area contributed by atoms with Crippen LogP contribution in [0.25, 0.3) is 0 Å². The molecule has 4 N–H and O–H groups in total. The molecule has 0 spiro atoms. The first-order chi connectivity index (χ1) is 8.89. The van der Waals surface area contributed by atoms with Crippen LogP contribution >= 0.6 is 0 Å². The highest BCUT2D eigenvalue weighted by atomic mass is 16.1. The van der Waals surface area contributed by atoms with Crippen LogP contribution in [0, 0.1) is 6.92 Å². The highest BCUT2D eigenvalue weighted by Gasteiger charge is 2.20. The van der Waals surface area contributed by atoms with Crippen molar-refractivity contribution in [3.63, 3.8) is 0 Å². The molecule has 0 saturated heterocycles. The zero-order valence-corrected chi connectivity index (χ0v) is 13.5. The van der Waals surface area contributed by atoms with Gasteiger partial charge in [-0.15, -0.1) is 0 Å². The lowest BCUT2D eigenvalue weighted by Gasteiger charge is -2.26. The Kier molecular flexibility index (Phi) is 4.32. The quantitative estimate of drug-likeness (QED) is 0.794. The van der Waals surface area contributed by atoms with Gasteiger partial charge >= 0.3 is 0 Å². The minimum absolute atomic E-state index is 0.104. The van der Waals surface area contributed by atoms with Gasteiger partial charge in [-0.3, -0.25) is 4.79 Å². The summed E-state index contributed by atoms with van der Waals surface area (Å²) in [5.41, 5.74) is 6.42. The van der Waals surface area contributed by atoms with Crippen LogP contribution in [0.1, 0.15) is 57.5 Å². The molecule has 0 unspecified atom stereocenters. The molecular weight excluding hydrogens is 252 g/mol. The number of carbonyl (C=O) groups excluding carboxylic acids is 1. The second-order valence-electron chi connectivity index (χ2n) is 7.16. The van der Waals surface area contributed by atoms with E-state index in [1.54, 1.807) is 0 Å². The lowest BCUT2D eigenvalue weighted by atomic mass is 10.1. The second kappa shape index (κ2) is 5.31. The first-order valence-electron chi connectivity index (χ1n) is 6.77. The highest BCUT2D eigenvalue weighted by molar-refractivity contribution is 5.99. The lowest BCUT2D eigenvalue weighted by molar-refractivity contribution is 0.1000. The van der Waals surface area contributed by atoms with Crippen LogP contribution in [0.3, 0.4) is 0 Å². The van der Waals surface area contributed by atoms with Crippen LogP contribution in [0.15, 0.2) is 6.07 Å². The number of nitrogens with one attached hydrogen (secondary N) is 2. The maximum Gasteiger partial charge on any atom is 0.252 e. The summed E-state index contributed by atoms with van der Waals surface area (Å²) in [7, 11) is 0. The smallest absolute Gasteiger partial charge is 0.252 e. The summed E-state index contributed by atoms with van der Waals surface area (Å²) in [5.74, 6) is 0.785. The summed E-state index contributed by atoms with van der Waals surface area (Å²) in [4.78, 5) is 16.1. The number of primary amides is 1. The average Bonchev–Trinajstić information content (AvgIpc) is 2.08. The molecule has 20 heavy (non-hydrogen) atoms. The molecule has 0 aliphatic rings. The molecule has 0 atom stereocenters. The zero-order valence-electron chi connectivity index (χ0n) is 13.5. The van der Waals surface area contributed by atoms with Gasteiger partial charge in [0.05, 0.1) is 5.56 Å². The third-order valence-corrected chi connectivity index (χ3v) is 2.46. The number of pyridine rings is 1. The van der Waals surface area contributed by atoms with Crippen molar-refractivity contribution in [3.8, 4) is 0 Å². The molecule has 0 aromatic carbocycles. The van der Waals surface area contributed by atoms with Crippen molar-refractivity contribution in [2.45, 2.75) is 59.5 Å². The number of hydrogen-bond acceptors (Lipinski definition) is 4. The van der Waals surface area contributed by atoms with E-state index >= 15 is 0 Å². The van der Waals surface area contributed by atoms with Gasteiger partial charge in [-0.2, -0.15) is 0 Å². The Morgan fingerprint density at radius 3 is 2.00 bits per heavy atom. The van der Waals surface area contributed by atoms with Gasteiger partial charge in [0.2, 0.25) is 0 Å². The van der Waals surface area contributed by atoms with Crippen molar-refractivity contribution in [1.29, 1.82) is 0 Å². The molecule has 1 amide bonds. The lowest BCUT2D eigenvalue weighted by Crippen LogP contribution is -2.31. The van der Waals surface area contributed by atoms with Crippen LogP contribution < -0.4 is 16.4 Å². The van der Waals surface area contributed by atoms with Gasteiger partial charge in [0.25, 0.3) is 5.91 Å². The largest absolute Gasteiger partial charge is 0.365 e. The minimum Gasteiger partial charge on any atom is -0.365 e. The number of nitrogens with two attached hydrogens (primary N) is 1. The summed E-state index contributed by atoms with van der Waals surface area (Å²) >= 11 is 0. The fourth-order valence-corrected chi connectivity index (χ4v) is 1.88. The van der Waals surface area contributed by atoms with Crippen LogP contribution in [0.2, 0.25) is 0 Å². The third kappa shape index (κ3) is 4.72. The van der Waals surface area contributed by atoms with Crippen LogP contribution in [-0.4, -0.2) is 22.0 Å². The molecule has 0 bridgehead atoms. The van der Waals surface area contributed by atoms with E-state index in [1.807, 2.05) is 33.8 Å². The Morgan fingerprint density at radius 2 is 1.60 bits per heavy atom. The fourth-order valence-electron chi connectivity index (χ4n) is 1.88. The van der Waals surface area contributed by atoms with E-state index in [1.165, 1.54) is 0 Å². The maximum absolute atomic E-state index is 11.6. The molecule has 0 aliphatic heterocycles. The van der Waals surface area contributed by atoms with Crippen LogP contribution in [-0.2, 0) is 0 Å². The normalized spacial score (nSPS) is 12.2. The molecule has 0 aliphatic carbocycles. The first kappa shape index (κ1) is 16.3. The molecule has 1 aromatic rings. The number of anilines is 2. The van der Waals surface area contributed by atoms with E-state index in [-0.39, 0.29) is 11.1 Å². The minimum atomic E-state index is -0.468. The number of nitrogens with zero attached hydrogens (tertiary/aromatic N) is 1. The fraction of sp³-hybridized carbons (Fsp3) is 0.600. The summed E-state index contributed by atoms with van der Waals surface area (Å²) < 4.78 is 0. The van der Waals surface area contributed by atoms with Gasteiger partial charge in [-0.05, 0) is 60.1 Å². The summed E-state index contributed by atoms with van der Waals surface area (Å²) in [5, 5.41) is 6.56. The Morgan fingerprint density at radius 1 is 1.10 bits per heavy atom. The molecule has 5 heteroatoms. The first-order valence-corrected chi connectivity index (χ1v) is 6.77. The van der Waals surface area contributed by atoms with E-state index in [2.05, 4.69) is 36.4 Å². The van der Waals surface area contributed by atoms with Gasteiger partial charge in [0.1, 0.15) is 11.6 Å². The monoisotopic (exact) mass is 278 g/mol. The van der Waals surface area contributed by atoms with Crippen molar-refractivity contribution in [1.82, 2.24) is 4.98 Å². The van der Waals surface area contributed by atoms with Crippen molar-refractivity contribution < 1.29 is 4.79 Å². The average molecular weight is 278 g/mol. The standard InChI is InChI=1S/C15H26N4O/c1-9-8-10(18-14(2,3)4)17-13(11(9)12(16)20)19-15(5,6)7/h8H,1-7H3,(H2,16,20)(H2,17,18,19). The highest BCUT2D eigenvalue weighted by Crippen LogP contribution is 2.25. The molecule has 1 heterocycles. The molecular formula is C15H26N4O. The van der Waals surface area contributed by atoms with E-state index in [4.69, 9.17) is 5.73 Å². The van der Waals surface area contributed by atoms with Crippen LogP contribution in [0.5, 0.6) is 0 Å². The zero-order chi connectivity index (χ0) is 15.7. The number of hydrogen-bond donors (Lipinski definition) is 3. The van der Waals surface area contributed by atoms with Gasteiger partial charge in [-0.1, -0.05) is 0 Å². The molecule has 5 nitrogen and oxygen atoms in total. The SMILES string of the molecule is Cc1cc(NC(C)(C)C)nc(NC(C)(C)C)c1C(N)=O. The van der Waals surface area contributed by atoms with Gasteiger partial charge in [0.15, 0.2) is 0 Å². The summed E-state index contributed by atoms with van der Waals surface area (Å²) in [6, 6.07) is 1.85. The summed E-state index contributed by atoms with van der Waals surface area (Å²) in [6.07, 6.45) is 0. The van der Waals surface area contributed by atoms with Gasteiger partial charge in [-0.25, -0.2) is 4.98 Å². The van der Waals surface area contributed by atoms with Crippen molar-refractivity contribution >= 4 is 17.5 Å². The number of aryl methyl sites for hydroxylation is 1. The topological polar surface area (TPSA) is 80.0 Å². The predicted molar refractivity (Wildman–Crippen MR) is 84.2 cm³/mol. The Labute approximate surface area is 121 Å². The number of amides is 1. The van der Waals surface area contributed by atoms with Gasteiger partial charge in [0, 0.05) is 11.1 Å². The van der Waals surface area contributed by atoms with E-state index in [0.717, 1.165) is 11.4 Å². The van der Waals surface area contributed by atoms with E-state index in [0.29, 0.717) is 11.4 Å². The van der Waals surface area contributed by atoms with E-state index < -0.39 is 5.91 Å². The molecule has 0 saturated carbocycles. The Balaban J connectivity index is 3.32. The van der Waals surface area contributed by atoms with Gasteiger partial charge < -0.3 is 16.4 Å². The number of carbonyl (C=O) groups is 1. The number of rotatable bonds is 3. The van der Waals surface area contributed by atoms with Crippen LogP contribution in [0.4, 0.5) is 11.6 Å². The molecule has 0 radical (unpaired) electrons. The van der Waals surface area contributed by atoms with E-state index in [9.17, 15) is 4.79 Å². The van der Waals surface area contributed by atoms with Crippen molar-refractivity contribution in [3.05, 3.63) is 17.2 Å². The Hall–Kier alpha value is -1.78. The second-order valence-corrected chi connectivity index (χ2v) is 7.16. The molecule has 0 fully saturated rings. The third-order valence-electron chi connectivity index (χ3n) is 2.46. The summed E-state index contributed by atoms with van der Waals surface area (Å²) in [6.45, 7) is 14.1. The number of aromatic nitrogens is 1. The molecule has 112 valence electrons. The predicted octanol–water partition coefficient (Wildman–Crippen LogP) is 2.91. The van der Waals surface area contributed by atoms with Crippen molar-refractivity contribution in [2.24, 2.45) is 5.73 Å². The van der Waals surface area contributed by atoms with Crippen molar-refractivity contribution in [2.75, 3.05) is 10.6 Å². The molecule has 1 rings (SSSR count).